The van der Waals surface area contributed by atoms with Crippen LogP contribution in [0.25, 0.3) is 16.8 Å². The van der Waals surface area contributed by atoms with Crippen molar-refractivity contribution >= 4 is 28.6 Å². The Morgan fingerprint density at radius 2 is 1.74 bits per heavy atom. The highest BCUT2D eigenvalue weighted by molar-refractivity contribution is 5.97. The summed E-state index contributed by atoms with van der Waals surface area (Å²) in [5.74, 6) is 0.558. The van der Waals surface area contributed by atoms with Crippen LogP contribution in [0, 0.1) is 0 Å². The molecule has 3 rings (SSSR count). The Morgan fingerprint density at radius 1 is 1.04 bits per heavy atom. The summed E-state index contributed by atoms with van der Waals surface area (Å²) in [6.45, 7) is 2.98. The van der Waals surface area contributed by atoms with E-state index in [9.17, 15) is 9.59 Å². The van der Waals surface area contributed by atoms with Crippen molar-refractivity contribution < 1.29 is 4.79 Å². The van der Waals surface area contributed by atoms with E-state index in [1.165, 1.54) is 0 Å². The van der Waals surface area contributed by atoms with Gasteiger partial charge in [-0.05, 0) is 31.1 Å². The molecule has 3 N–H and O–H groups in total. The smallest absolute Gasteiger partial charge is 0.272 e. The minimum absolute atomic E-state index is 0.0773. The van der Waals surface area contributed by atoms with Crippen LogP contribution < -0.4 is 16.2 Å². The van der Waals surface area contributed by atoms with Crippen LogP contribution in [0.3, 0.4) is 0 Å². The molecule has 0 fully saturated rings. The maximum Gasteiger partial charge on any atom is 0.272 e. The number of rotatable bonds is 7. The molecule has 27 heavy (non-hydrogen) atoms. The van der Waals surface area contributed by atoms with E-state index in [0.29, 0.717) is 29.9 Å². The first-order valence-corrected chi connectivity index (χ1v) is 8.88. The van der Waals surface area contributed by atoms with Gasteiger partial charge in [0, 0.05) is 24.0 Å². The molecule has 3 aromatic rings. The fraction of sp³-hybridized carbons (Fsp3) is 0.190. The average Bonchev–Trinajstić information content (AvgIpc) is 2.70. The molecule has 0 saturated heterocycles. The van der Waals surface area contributed by atoms with Crippen molar-refractivity contribution in [1.29, 1.82) is 0 Å². The topological polar surface area (TPSA) is 86.9 Å². The molecule has 0 saturated carbocycles. The van der Waals surface area contributed by atoms with Gasteiger partial charge in [-0.25, -0.2) is 5.10 Å². The number of aromatic nitrogens is 2. The minimum Gasteiger partial charge on any atom is -0.368 e. The van der Waals surface area contributed by atoms with E-state index in [0.717, 1.165) is 17.4 Å². The molecule has 1 aromatic heterocycles. The highest BCUT2D eigenvalue weighted by Gasteiger charge is 2.06. The number of hydrogen-bond donors (Lipinski definition) is 3. The van der Waals surface area contributed by atoms with Crippen molar-refractivity contribution in [3.63, 3.8) is 0 Å². The van der Waals surface area contributed by atoms with Gasteiger partial charge in [-0.2, -0.15) is 5.10 Å². The van der Waals surface area contributed by atoms with Crippen molar-refractivity contribution in [3.05, 3.63) is 76.1 Å². The minimum atomic E-state index is -0.205. The third kappa shape index (κ3) is 4.82. The number of carbonyl (C=O) groups is 1. The van der Waals surface area contributed by atoms with Gasteiger partial charge in [-0.3, -0.25) is 9.59 Å². The van der Waals surface area contributed by atoms with Gasteiger partial charge in [0.05, 0.1) is 5.39 Å². The molecule has 0 radical (unpaired) electrons. The van der Waals surface area contributed by atoms with Gasteiger partial charge < -0.3 is 10.6 Å². The number of amides is 1. The molecule has 0 aliphatic heterocycles. The fourth-order valence-corrected chi connectivity index (χ4v) is 2.75. The molecule has 0 bridgehead atoms. The lowest BCUT2D eigenvalue weighted by molar-refractivity contribution is -0.117. The standard InChI is InChI=1S/C21H22N4O2/c1-15(14-16-8-3-2-4-9-16)20(26)23-13-7-12-22-19-17-10-5-6-11-18(17)21(27)25-24-19/h2-6,8-11,14H,7,12-13H2,1H3,(H,22,24)(H,23,26)(H,25,27). The van der Waals surface area contributed by atoms with Crippen molar-refractivity contribution in [2.75, 3.05) is 18.4 Å². The average molecular weight is 362 g/mol. The third-order valence-electron chi connectivity index (χ3n) is 4.17. The van der Waals surface area contributed by atoms with Crippen LogP contribution in [0.2, 0.25) is 0 Å². The van der Waals surface area contributed by atoms with Gasteiger partial charge >= 0.3 is 0 Å². The van der Waals surface area contributed by atoms with Crippen molar-refractivity contribution in [2.45, 2.75) is 13.3 Å². The summed E-state index contributed by atoms with van der Waals surface area (Å²) in [7, 11) is 0. The summed E-state index contributed by atoms with van der Waals surface area (Å²) in [4.78, 5) is 23.9. The normalized spacial score (nSPS) is 11.4. The van der Waals surface area contributed by atoms with Gasteiger partial charge in [0.25, 0.3) is 5.56 Å². The molecule has 6 heteroatoms. The maximum absolute atomic E-state index is 12.1. The number of nitrogens with zero attached hydrogens (tertiary/aromatic N) is 1. The van der Waals surface area contributed by atoms with E-state index in [2.05, 4.69) is 20.8 Å². The van der Waals surface area contributed by atoms with E-state index >= 15 is 0 Å². The Kier molecular flexibility index (Phi) is 5.99. The Bertz CT molecular complexity index is 1010. The summed E-state index contributed by atoms with van der Waals surface area (Å²) in [6.07, 6.45) is 2.60. The van der Waals surface area contributed by atoms with Crippen molar-refractivity contribution in [3.8, 4) is 0 Å². The summed E-state index contributed by atoms with van der Waals surface area (Å²) in [6, 6.07) is 17.1. The summed E-state index contributed by atoms with van der Waals surface area (Å²) in [5, 5.41) is 14.1. The van der Waals surface area contributed by atoms with Crippen molar-refractivity contribution in [1.82, 2.24) is 15.5 Å². The Balaban J connectivity index is 1.49. The van der Waals surface area contributed by atoms with Gasteiger partial charge in [-0.1, -0.05) is 48.5 Å². The summed E-state index contributed by atoms with van der Waals surface area (Å²) in [5.41, 5.74) is 1.47. The zero-order valence-electron chi connectivity index (χ0n) is 15.2. The zero-order valence-corrected chi connectivity index (χ0v) is 15.2. The van der Waals surface area contributed by atoms with E-state index in [4.69, 9.17) is 0 Å². The second-order valence-electron chi connectivity index (χ2n) is 6.22. The van der Waals surface area contributed by atoms with E-state index in [1.54, 1.807) is 13.0 Å². The Morgan fingerprint density at radius 3 is 2.52 bits per heavy atom. The van der Waals surface area contributed by atoms with Crippen molar-refractivity contribution in [2.24, 2.45) is 0 Å². The largest absolute Gasteiger partial charge is 0.368 e. The summed E-state index contributed by atoms with van der Waals surface area (Å²) >= 11 is 0. The van der Waals surface area contributed by atoms with Crippen LogP contribution >= 0.6 is 0 Å². The lowest BCUT2D eigenvalue weighted by atomic mass is 10.1. The molecule has 0 spiro atoms. The molecule has 0 aliphatic carbocycles. The fourth-order valence-electron chi connectivity index (χ4n) is 2.75. The third-order valence-corrected chi connectivity index (χ3v) is 4.17. The van der Waals surface area contributed by atoms with Crippen LogP contribution in [0.15, 0.2) is 65.0 Å². The lowest BCUT2D eigenvalue weighted by Gasteiger charge is -2.09. The number of carbonyl (C=O) groups excluding carboxylic acids is 1. The second kappa shape index (κ2) is 8.80. The first-order valence-electron chi connectivity index (χ1n) is 8.88. The van der Waals surface area contributed by atoms with Crippen LogP contribution in [-0.4, -0.2) is 29.2 Å². The molecule has 0 unspecified atom stereocenters. The number of anilines is 1. The van der Waals surface area contributed by atoms with Gasteiger partial charge in [-0.15, -0.1) is 0 Å². The number of hydrogen-bond acceptors (Lipinski definition) is 4. The molecule has 0 atom stereocenters. The highest BCUT2D eigenvalue weighted by Crippen LogP contribution is 2.16. The number of nitrogens with one attached hydrogen (secondary N) is 3. The van der Waals surface area contributed by atoms with Crippen LogP contribution in [0.5, 0.6) is 0 Å². The van der Waals surface area contributed by atoms with Gasteiger partial charge in [0.2, 0.25) is 5.91 Å². The van der Waals surface area contributed by atoms with Crippen LogP contribution in [0.4, 0.5) is 5.82 Å². The number of fused-ring (bicyclic) bond motifs is 1. The molecule has 2 aromatic carbocycles. The second-order valence-corrected chi connectivity index (χ2v) is 6.22. The predicted molar refractivity (Wildman–Crippen MR) is 109 cm³/mol. The lowest BCUT2D eigenvalue weighted by Crippen LogP contribution is -2.26. The van der Waals surface area contributed by atoms with Crippen LogP contribution in [0.1, 0.15) is 18.9 Å². The predicted octanol–water partition coefficient (Wildman–Crippen LogP) is 2.94. The van der Waals surface area contributed by atoms with E-state index < -0.39 is 0 Å². The maximum atomic E-state index is 12.1. The molecule has 1 heterocycles. The summed E-state index contributed by atoms with van der Waals surface area (Å²) < 4.78 is 0. The quantitative estimate of drug-likeness (QED) is 0.445. The number of benzene rings is 2. The first-order chi connectivity index (χ1) is 13.1. The van der Waals surface area contributed by atoms with Crippen LogP contribution in [-0.2, 0) is 4.79 Å². The molecular formula is C21H22N4O2. The van der Waals surface area contributed by atoms with E-state index in [1.807, 2.05) is 54.6 Å². The molecular weight excluding hydrogens is 340 g/mol. The number of aromatic amines is 1. The van der Waals surface area contributed by atoms with Gasteiger partial charge in [0.1, 0.15) is 0 Å². The SMILES string of the molecule is CC(=Cc1ccccc1)C(=O)NCCCNc1n[nH]c(=O)c2ccccc12. The monoisotopic (exact) mass is 362 g/mol. The molecule has 6 nitrogen and oxygen atoms in total. The molecule has 1 amide bonds. The van der Waals surface area contributed by atoms with Gasteiger partial charge in [0.15, 0.2) is 5.82 Å². The molecule has 0 aliphatic rings. The first kappa shape index (κ1) is 18.4. The Hall–Kier alpha value is -3.41. The molecule has 138 valence electrons. The highest BCUT2D eigenvalue weighted by atomic mass is 16.1. The number of H-pyrrole nitrogens is 1. The Labute approximate surface area is 157 Å². The van der Waals surface area contributed by atoms with E-state index in [-0.39, 0.29) is 11.5 Å². The zero-order chi connectivity index (χ0) is 19.1.